The quantitative estimate of drug-likeness (QED) is 0.621. The standard InChI is InChI=1S/C14H20BrNO2/c1-14(2,15)13(17)16-9-6-10-18-11-12-7-4-3-5-8-12/h3-5,7-8H,6,9-11H2,1-2H3,(H,16,17). The van der Waals surface area contributed by atoms with Crippen LogP contribution in [0.25, 0.3) is 0 Å². The predicted octanol–water partition coefficient (Wildman–Crippen LogP) is 2.88. The van der Waals surface area contributed by atoms with Crippen molar-refractivity contribution >= 4 is 21.8 Å². The molecule has 0 spiro atoms. The molecule has 0 fully saturated rings. The molecular formula is C14H20BrNO2. The summed E-state index contributed by atoms with van der Waals surface area (Å²) in [6.45, 7) is 5.57. The molecule has 1 aromatic rings. The van der Waals surface area contributed by atoms with Gasteiger partial charge in [-0.25, -0.2) is 0 Å². The zero-order valence-electron chi connectivity index (χ0n) is 10.9. The van der Waals surface area contributed by atoms with Crippen molar-refractivity contribution in [3.05, 3.63) is 35.9 Å². The van der Waals surface area contributed by atoms with Crippen molar-refractivity contribution in [3.63, 3.8) is 0 Å². The maximum absolute atomic E-state index is 11.5. The molecule has 1 N–H and O–H groups in total. The van der Waals surface area contributed by atoms with Crippen molar-refractivity contribution in [1.29, 1.82) is 0 Å². The number of carbonyl (C=O) groups is 1. The second-order valence-electron chi connectivity index (χ2n) is 4.62. The third kappa shape index (κ3) is 6.17. The van der Waals surface area contributed by atoms with Gasteiger partial charge in [-0.05, 0) is 25.8 Å². The number of amides is 1. The number of nitrogens with one attached hydrogen (secondary N) is 1. The summed E-state index contributed by atoms with van der Waals surface area (Å²) in [6.07, 6.45) is 0.821. The number of ether oxygens (including phenoxy) is 1. The van der Waals surface area contributed by atoms with E-state index in [0.29, 0.717) is 19.8 Å². The number of benzene rings is 1. The molecule has 0 aliphatic rings. The number of hydrogen-bond donors (Lipinski definition) is 1. The summed E-state index contributed by atoms with van der Waals surface area (Å²) in [6, 6.07) is 10.1. The van der Waals surface area contributed by atoms with Crippen molar-refractivity contribution in [2.75, 3.05) is 13.2 Å². The SMILES string of the molecule is CC(C)(Br)C(=O)NCCCOCc1ccccc1. The van der Waals surface area contributed by atoms with E-state index >= 15 is 0 Å². The number of carbonyl (C=O) groups excluding carboxylic acids is 1. The van der Waals surface area contributed by atoms with Crippen LogP contribution in [0.4, 0.5) is 0 Å². The van der Waals surface area contributed by atoms with E-state index in [1.807, 2.05) is 44.2 Å². The number of halogens is 1. The first kappa shape index (κ1) is 15.2. The molecule has 1 rings (SSSR count). The fourth-order valence-electron chi connectivity index (χ4n) is 1.35. The van der Waals surface area contributed by atoms with Crippen molar-refractivity contribution in [2.24, 2.45) is 0 Å². The molecule has 0 aliphatic heterocycles. The third-order valence-electron chi connectivity index (χ3n) is 2.40. The van der Waals surface area contributed by atoms with Crippen molar-refractivity contribution < 1.29 is 9.53 Å². The lowest BCUT2D eigenvalue weighted by Gasteiger charge is -2.15. The van der Waals surface area contributed by atoms with E-state index < -0.39 is 4.32 Å². The van der Waals surface area contributed by atoms with E-state index in [2.05, 4.69) is 21.2 Å². The summed E-state index contributed by atoms with van der Waals surface area (Å²) >= 11 is 3.31. The van der Waals surface area contributed by atoms with Crippen LogP contribution in [-0.4, -0.2) is 23.4 Å². The van der Waals surface area contributed by atoms with Crippen LogP contribution >= 0.6 is 15.9 Å². The number of alkyl halides is 1. The second-order valence-corrected chi connectivity index (χ2v) is 6.60. The van der Waals surface area contributed by atoms with Gasteiger partial charge in [-0.15, -0.1) is 0 Å². The van der Waals surface area contributed by atoms with Crippen LogP contribution in [0.3, 0.4) is 0 Å². The fourth-order valence-corrected chi connectivity index (χ4v) is 1.49. The summed E-state index contributed by atoms with van der Waals surface area (Å²) in [5.74, 6) is 0.00515. The molecule has 18 heavy (non-hydrogen) atoms. The zero-order chi connectivity index (χ0) is 13.4. The lowest BCUT2D eigenvalue weighted by molar-refractivity contribution is -0.122. The Bertz CT molecular complexity index is 360. The molecule has 100 valence electrons. The molecule has 4 heteroatoms. The topological polar surface area (TPSA) is 38.3 Å². The number of hydrogen-bond acceptors (Lipinski definition) is 2. The molecule has 0 saturated carbocycles. The smallest absolute Gasteiger partial charge is 0.236 e. The molecule has 0 atom stereocenters. The molecule has 0 radical (unpaired) electrons. The van der Waals surface area contributed by atoms with Gasteiger partial charge in [0.25, 0.3) is 0 Å². The van der Waals surface area contributed by atoms with Gasteiger partial charge in [0.05, 0.1) is 10.9 Å². The summed E-state index contributed by atoms with van der Waals surface area (Å²) in [5, 5.41) is 2.86. The van der Waals surface area contributed by atoms with Gasteiger partial charge < -0.3 is 10.1 Å². The third-order valence-corrected chi connectivity index (χ3v) is 2.76. The van der Waals surface area contributed by atoms with E-state index in [9.17, 15) is 4.79 Å². The minimum atomic E-state index is -0.502. The van der Waals surface area contributed by atoms with Gasteiger partial charge >= 0.3 is 0 Å². The van der Waals surface area contributed by atoms with Crippen LogP contribution in [0, 0.1) is 0 Å². The van der Waals surface area contributed by atoms with Crippen LogP contribution < -0.4 is 5.32 Å². The summed E-state index contributed by atoms with van der Waals surface area (Å²) < 4.78 is 5.02. The Kier molecular flexibility index (Phi) is 6.36. The average Bonchev–Trinajstić information content (AvgIpc) is 2.33. The van der Waals surface area contributed by atoms with Gasteiger partial charge in [0.15, 0.2) is 0 Å². The van der Waals surface area contributed by atoms with Crippen molar-refractivity contribution in [1.82, 2.24) is 5.32 Å². The molecule has 0 heterocycles. The lowest BCUT2D eigenvalue weighted by atomic mass is 10.2. The van der Waals surface area contributed by atoms with Crippen LogP contribution in [0.5, 0.6) is 0 Å². The van der Waals surface area contributed by atoms with Gasteiger partial charge in [0.1, 0.15) is 0 Å². The fraction of sp³-hybridized carbons (Fsp3) is 0.500. The normalized spacial score (nSPS) is 11.3. The van der Waals surface area contributed by atoms with E-state index in [4.69, 9.17) is 4.74 Å². The molecule has 0 saturated heterocycles. The summed E-state index contributed by atoms with van der Waals surface area (Å²) in [4.78, 5) is 11.5. The Morgan fingerprint density at radius 2 is 2.00 bits per heavy atom. The molecule has 1 aromatic carbocycles. The summed E-state index contributed by atoms with van der Waals surface area (Å²) in [7, 11) is 0. The van der Waals surface area contributed by atoms with Crippen LogP contribution in [0.2, 0.25) is 0 Å². The Morgan fingerprint density at radius 3 is 2.61 bits per heavy atom. The van der Waals surface area contributed by atoms with Crippen molar-refractivity contribution in [2.45, 2.75) is 31.2 Å². The highest BCUT2D eigenvalue weighted by Crippen LogP contribution is 2.14. The molecule has 3 nitrogen and oxygen atoms in total. The van der Waals surface area contributed by atoms with E-state index in [1.54, 1.807) is 0 Å². The van der Waals surface area contributed by atoms with Crippen LogP contribution in [0.1, 0.15) is 25.8 Å². The van der Waals surface area contributed by atoms with Crippen LogP contribution in [-0.2, 0) is 16.1 Å². The van der Waals surface area contributed by atoms with Gasteiger partial charge in [0, 0.05) is 13.2 Å². The Labute approximate surface area is 117 Å². The van der Waals surface area contributed by atoms with Gasteiger partial charge in [-0.2, -0.15) is 0 Å². The minimum Gasteiger partial charge on any atom is -0.377 e. The molecule has 0 unspecified atom stereocenters. The van der Waals surface area contributed by atoms with E-state index in [-0.39, 0.29) is 5.91 Å². The molecule has 1 amide bonds. The maximum atomic E-state index is 11.5. The minimum absolute atomic E-state index is 0.00515. The highest BCUT2D eigenvalue weighted by molar-refractivity contribution is 9.10. The van der Waals surface area contributed by atoms with Crippen molar-refractivity contribution in [3.8, 4) is 0 Å². The molecule has 0 bridgehead atoms. The second kappa shape index (κ2) is 7.54. The first-order chi connectivity index (χ1) is 8.50. The predicted molar refractivity (Wildman–Crippen MR) is 76.7 cm³/mol. The van der Waals surface area contributed by atoms with Gasteiger partial charge in [-0.3, -0.25) is 4.79 Å². The molecular weight excluding hydrogens is 294 g/mol. The zero-order valence-corrected chi connectivity index (χ0v) is 12.5. The van der Waals surface area contributed by atoms with E-state index in [0.717, 1.165) is 6.42 Å². The van der Waals surface area contributed by atoms with Gasteiger partial charge in [-0.1, -0.05) is 46.3 Å². The first-order valence-electron chi connectivity index (χ1n) is 6.09. The molecule has 0 aromatic heterocycles. The van der Waals surface area contributed by atoms with Gasteiger partial charge in [0.2, 0.25) is 5.91 Å². The Hall–Kier alpha value is -0.870. The molecule has 0 aliphatic carbocycles. The lowest BCUT2D eigenvalue weighted by Crippen LogP contribution is -2.38. The monoisotopic (exact) mass is 313 g/mol. The maximum Gasteiger partial charge on any atom is 0.236 e. The summed E-state index contributed by atoms with van der Waals surface area (Å²) in [5.41, 5.74) is 1.17. The first-order valence-corrected chi connectivity index (χ1v) is 6.88. The average molecular weight is 314 g/mol. The highest BCUT2D eigenvalue weighted by Gasteiger charge is 2.22. The Morgan fingerprint density at radius 1 is 1.33 bits per heavy atom. The van der Waals surface area contributed by atoms with E-state index in [1.165, 1.54) is 5.56 Å². The number of rotatable bonds is 7. The Balaban J connectivity index is 2.05. The van der Waals surface area contributed by atoms with Crippen LogP contribution in [0.15, 0.2) is 30.3 Å². The largest absolute Gasteiger partial charge is 0.377 e. The highest BCUT2D eigenvalue weighted by atomic mass is 79.9.